The van der Waals surface area contributed by atoms with E-state index in [1.54, 1.807) is 12.1 Å². The van der Waals surface area contributed by atoms with Gasteiger partial charge >= 0.3 is 0 Å². The first-order valence-corrected chi connectivity index (χ1v) is 11.5. The minimum atomic E-state index is -3.22. The summed E-state index contributed by atoms with van der Waals surface area (Å²) < 4.78 is 26.0. The van der Waals surface area contributed by atoms with Gasteiger partial charge in [0.25, 0.3) is 0 Å². The van der Waals surface area contributed by atoms with Crippen LogP contribution in [0.2, 0.25) is 0 Å². The first-order chi connectivity index (χ1) is 12.5. The van der Waals surface area contributed by atoms with Crippen LogP contribution in [0.25, 0.3) is 11.0 Å². The molecule has 2 aromatic rings. The summed E-state index contributed by atoms with van der Waals surface area (Å²) in [6.07, 6.45) is 4.24. The zero-order chi connectivity index (χ0) is 19.2. The number of aromatic nitrogens is 2. The number of piperidine rings is 1. The summed E-state index contributed by atoms with van der Waals surface area (Å²) in [6, 6.07) is 5.75. The molecule has 146 valence electrons. The highest BCUT2D eigenvalue weighted by Gasteiger charge is 2.22. The van der Waals surface area contributed by atoms with Crippen LogP contribution in [-0.4, -0.2) is 50.4 Å². The zero-order valence-electron chi connectivity index (χ0n) is 16.4. The fourth-order valence-electron chi connectivity index (χ4n) is 3.38. The molecule has 1 aliphatic rings. The predicted octanol–water partition coefficient (Wildman–Crippen LogP) is 2.54. The summed E-state index contributed by atoms with van der Waals surface area (Å²) in [6.45, 7) is 9.93. The number of hydrogen-bond donors (Lipinski definition) is 2. The van der Waals surface area contributed by atoms with Crippen LogP contribution in [0.5, 0.6) is 0 Å². The van der Waals surface area contributed by atoms with E-state index in [-0.39, 0.29) is 0 Å². The van der Waals surface area contributed by atoms with Gasteiger partial charge in [-0.1, -0.05) is 20.8 Å². The molecule has 0 atom stereocenters. The maximum absolute atomic E-state index is 11.8. The van der Waals surface area contributed by atoms with Crippen molar-refractivity contribution in [1.29, 1.82) is 0 Å². The number of nitrogens with zero attached hydrogens (tertiary/aromatic N) is 2. The van der Waals surface area contributed by atoms with E-state index in [0.717, 1.165) is 62.3 Å². The topological polar surface area (TPSA) is 76.0 Å². The Kier molecular flexibility index (Phi) is 7.61. The fraction of sp³-hybridized carbons (Fsp3) is 0.632. The Morgan fingerprint density at radius 1 is 1.27 bits per heavy atom. The molecular weight excluding hydrogens is 348 g/mol. The minimum absolute atomic E-state index is 0.336. The molecule has 2 N–H and O–H groups in total. The van der Waals surface area contributed by atoms with E-state index in [1.807, 2.05) is 19.9 Å². The smallest absolute Gasteiger partial charge is 0.175 e. The van der Waals surface area contributed by atoms with E-state index in [0.29, 0.717) is 10.9 Å². The summed E-state index contributed by atoms with van der Waals surface area (Å²) in [5, 5.41) is 6.75. The molecule has 2 heterocycles. The van der Waals surface area contributed by atoms with E-state index in [4.69, 9.17) is 4.98 Å². The van der Waals surface area contributed by atoms with E-state index in [2.05, 4.69) is 22.1 Å². The number of sulfone groups is 1. The lowest BCUT2D eigenvalue weighted by atomic mass is 10.1. The highest BCUT2D eigenvalue weighted by atomic mass is 32.2. The van der Waals surface area contributed by atoms with Crippen molar-refractivity contribution in [2.45, 2.75) is 51.0 Å². The molecule has 26 heavy (non-hydrogen) atoms. The molecule has 0 saturated carbocycles. The van der Waals surface area contributed by atoms with Gasteiger partial charge in [0.1, 0.15) is 5.82 Å². The third kappa shape index (κ3) is 4.84. The van der Waals surface area contributed by atoms with Crippen LogP contribution in [0.15, 0.2) is 23.1 Å². The van der Waals surface area contributed by atoms with Gasteiger partial charge in [-0.05, 0) is 50.7 Å². The van der Waals surface area contributed by atoms with Gasteiger partial charge in [-0.3, -0.25) is 0 Å². The van der Waals surface area contributed by atoms with Crippen molar-refractivity contribution in [1.82, 2.24) is 20.2 Å². The molecule has 1 aromatic heterocycles. The molecule has 0 spiro atoms. The second kappa shape index (κ2) is 9.48. The number of hydrogen-bond acceptors (Lipinski definition) is 5. The highest BCUT2D eigenvalue weighted by molar-refractivity contribution is 7.90. The Hall–Kier alpha value is -1.44. The lowest BCUT2D eigenvalue weighted by molar-refractivity contribution is 0.366. The number of likely N-dealkylation sites (N-methyl/N-ethyl adjacent to an activating group) is 1. The molecule has 1 saturated heterocycles. The molecule has 0 unspecified atom stereocenters. The Morgan fingerprint density at radius 2 is 1.96 bits per heavy atom. The predicted molar refractivity (Wildman–Crippen MR) is 108 cm³/mol. The molecular formula is C19H32N4O2S. The highest BCUT2D eigenvalue weighted by Crippen LogP contribution is 2.28. The number of imidazole rings is 1. The molecule has 3 rings (SSSR count). The molecule has 0 bridgehead atoms. The van der Waals surface area contributed by atoms with Crippen LogP contribution in [0.1, 0.15) is 45.5 Å². The summed E-state index contributed by atoms with van der Waals surface area (Å²) in [7, 11) is -3.22. The van der Waals surface area contributed by atoms with Gasteiger partial charge in [-0.25, -0.2) is 13.4 Å². The number of fused-ring (bicyclic) bond motifs is 1. The third-order valence-corrected chi connectivity index (χ3v) is 5.72. The fourth-order valence-corrected chi connectivity index (χ4v) is 4.03. The SMILES string of the molecule is CC.CCNCCc1nc2cc(S(C)(=O)=O)ccc2n1C1CCNCC1. The Bertz CT molecular complexity index is 808. The number of benzene rings is 1. The normalized spacial score (nSPS) is 15.7. The maximum atomic E-state index is 11.8. The van der Waals surface area contributed by atoms with Crippen molar-refractivity contribution < 1.29 is 8.42 Å². The number of nitrogens with one attached hydrogen (secondary N) is 2. The minimum Gasteiger partial charge on any atom is -0.325 e. The monoisotopic (exact) mass is 380 g/mol. The van der Waals surface area contributed by atoms with Gasteiger partial charge in [0.15, 0.2) is 9.84 Å². The second-order valence-electron chi connectivity index (χ2n) is 6.41. The van der Waals surface area contributed by atoms with Gasteiger partial charge in [-0.15, -0.1) is 0 Å². The Balaban J connectivity index is 0.00000117. The van der Waals surface area contributed by atoms with Gasteiger partial charge in [0.05, 0.1) is 15.9 Å². The Morgan fingerprint density at radius 3 is 2.58 bits per heavy atom. The zero-order valence-corrected chi connectivity index (χ0v) is 17.2. The van der Waals surface area contributed by atoms with Gasteiger partial charge in [0, 0.05) is 25.3 Å². The van der Waals surface area contributed by atoms with Gasteiger partial charge < -0.3 is 15.2 Å². The van der Waals surface area contributed by atoms with Crippen LogP contribution >= 0.6 is 0 Å². The van der Waals surface area contributed by atoms with Crippen LogP contribution in [-0.2, 0) is 16.3 Å². The molecule has 1 fully saturated rings. The average Bonchev–Trinajstić information content (AvgIpc) is 3.01. The molecule has 1 aromatic carbocycles. The van der Waals surface area contributed by atoms with Gasteiger partial charge in [0.2, 0.25) is 0 Å². The van der Waals surface area contributed by atoms with Crippen molar-refractivity contribution in [3.8, 4) is 0 Å². The average molecular weight is 381 g/mol. The van der Waals surface area contributed by atoms with Crippen molar-refractivity contribution >= 4 is 20.9 Å². The van der Waals surface area contributed by atoms with Crippen molar-refractivity contribution in [3.63, 3.8) is 0 Å². The van der Waals surface area contributed by atoms with Crippen LogP contribution in [0.4, 0.5) is 0 Å². The summed E-state index contributed by atoms with van der Waals surface area (Å²) >= 11 is 0. The van der Waals surface area contributed by atoms with Crippen LogP contribution in [0.3, 0.4) is 0 Å². The first kappa shape index (κ1) is 20.9. The van der Waals surface area contributed by atoms with Gasteiger partial charge in [-0.2, -0.15) is 0 Å². The van der Waals surface area contributed by atoms with Crippen molar-refractivity contribution in [2.75, 3.05) is 32.4 Å². The van der Waals surface area contributed by atoms with E-state index in [9.17, 15) is 8.42 Å². The second-order valence-corrected chi connectivity index (χ2v) is 8.42. The largest absolute Gasteiger partial charge is 0.325 e. The molecule has 0 aliphatic carbocycles. The van der Waals surface area contributed by atoms with Crippen LogP contribution in [0, 0.1) is 0 Å². The van der Waals surface area contributed by atoms with Crippen molar-refractivity contribution in [3.05, 3.63) is 24.0 Å². The molecule has 6 nitrogen and oxygen atoms in total. The molecule has 1 aliphatic heterocycles. The first-order valence-electron chi connectivity index (χ1n) is 9.63. The van der Waals surface area contributed by atoms with E-state index >= 15 is 0 Å². The van der Waals surface area contributed by atoms with Crippen molar-refractivity contribution in [2.24, 2.45) is 0 Å². The maximum Gasteiger partial charge on any atom is 0.175 e. The standard InChI is InChI=1S/C17H26N4O2S.C2H6/c1-3-18-11-8-17-20-15-12-14(24(2,22)23)4-5-16(15)21(17)13-6-9-19-10-7-13;1-2/h4-5,12-13,18-19H,3,6-11H2,1-2H3;1-2H3. The lowest BCUT2D eigenvalue weighted by Crippen LogP contribution is -2.30. The van der Waals surface area contributed by atoms with E-state index in [1.165, 1.54) is 6.26 Å². The Labute approximate surface area is 157 Å². The summed E-state index contributed by atoms with van der Waals surface area (Å²) in [5.41, 5.74) is 1.82. The van der Waals surface area contributed by atoms with Crippen LogP contribution < -0.4 is 10.6 Å². The van der Waals surface area contributed by atoms with E-state index < -0.39 is 9.84 Å². The molecule has 7 heteroatoms. The molecule has 0 radical (unpaired) electrons. The number of rotatable bonds is 6. The molecule has 0 amide bonds. The quantitative estimate of drug-likeness (QED) is 0.753. The lowest BCUT2D eigenvalue weighted by Gasteiger charge is -2.26. The summed E-state index contributed by atoms with van der Waals surface area (Å²) in [5.74, 6) is 1.04. The summed E-state index contributed by atoms with van der Waals surface area (Å²) in [4.78, 5) is 5.11. The third-order valence-electron chi connectivity index (χ3n) is 4.61.